The number of amides is 1. The predicted molar refractivity (Wildman–Crippen MR) is 96.3 cm³/mol. The van der Waals surface area contributed by atoms with Crippen molar-refractivity contribution in [2.45, 2.75) is 13.8 Å². The number of benzene rings is 2. The molecular formula is C19H19N3O4. The molecule has 1 amide bonds. The Hall–Kier alpha value is -3.35. The third-order valence-corrected chi connectivity index (χ3v) is 3.67. The SMILES string of the molecule is COc1ccc(-c2nonc2NC(=O)COc2cc(C)cc(C)c2)cc1. The molecule has 0 spiro atoms. The van der Waals surface area contributed by atoms with E-state index in [4.69, 9.17) is 14.1 Å². The van der Waals surface area contributed by atoms with Crippen molar-refractivity contribution in [1.82, 2.24) is 10.3 Å². The van der Waals surface area contributed by atoms with Crippen LogP contribution in [0.15, 0.2) is 47.1 Å². The van der Waals surface area contributed by atoms with Gasteiger partial charge in [-0.25, -0.2) is 4.63 Å². The molecule has 0 aliphatic rings. The summed E-state index contributed by atoms with van der Waals surface area (Å²) in [5.74, 6) is 1.25. The van der Waals surface area contributed by atoms with E-state index >= 15 is 0 Å². The lowest BCUT2D eigenvalue weighted by Crippen LogP contribution is -2.20. The number of hydrogen-bond donors (Lipinski definition) is 1. The molecule has 26 heavy (non-hydrogen) atoms. The van der Waals surface area contributed by atoms with Gasteiger partial charge in [0.1, 0.15) is 11.5 Å². The highest BCUT2D eigenvalue weighted by atomic mass is 16.6. The summed E-state index contributed by atoms with van der Waals surface area (Å²) in [6, 6.07) is 13.0. The average Bonchev–Trinajstić information content (AvgIpc) is 3.07. The minimum atomic E-state index is -0.352. The molecule has 3 aromatic rings. The van der Waals surface area contributed by atoms with E-state index < -0.39 is 0 Å². The lowest BCUT2D eigenvalue weighted by Gasteiger charge is -2.08. The number of carbonyl (C=O) groups excluding carboxylic acids is 1. The van der Waals surface area contributed by atoms with E-state index in [1.165, 1.54) is 0 Å². The van der Waals surface area contributed by atoms with Gasteiger partial charge in [-0.15, -0.1) is 0 Å². The van der Waals surface area contributed by atoms with E-state index in [0.717, 1.165) is 22.4 Å². The van der Waals surface area contributed by atoms with Crippen LogP contribution in [0.2, 0.25) is 0 Å². The van der Waals surface area contributed by atoms with Crippen LogP contribution in [0.1, 0.15) is 11.1 Å². The number of hydrogen-bond acceptors (Lipinski definition) is 6. The topological polar surface area (TPSA) is 86.5 Å². The lowest BCUT2D eigenvalue weighted by molar-refractivity contribution is -0.118. The van der Waals surface area contributed by atoms with Crippen molar-refractivity contribution in [3.8, 4) is 22.8 Å². The third-order valence-electron chi connectivity index (χ3n) is 3.67. The summed E-state index contributed by atoms with van der Waals surface area (Å²) in [5.41, 5.74) is 3.33. The standard InChI is InChI=1S/C19H19N3O4/c1-12-8-13(2)10-16(9-12)25-11-17(23)20-19-18(21-26-22-19)14-4-6-15(24-3)7-5-14/h4-10H,11H2,1-3H3,(H,20,22,23). The lowest BCUT2D eigenvalue weighted by atomic mass is 10.1. The number of aromatic nitrogens is 2. The summed E-state index contributed by atoms with van der Waals surface area (Å²) >= 11 is 0. The second kappa shape index (κ2) is 7.69. The maximum Gasteiger partial charge on any atom is 0.263 e. The number of aryl methyl sites for hydroxylation is 2. The second-order valence-corrected chi connectivity index (χ2v) is 5.85. The summed E-state index contributed by atoms with van der Waals surface area (Å²) in [6.07, 6.45) is 0. The highest BCUT2D eigenvalue weighted by Gasteiger charge is 2.15. The van der Waals surface area contributed by atoms with Crippen LogP contribution >= 0.6 is 0 Å². The van der Waals surface area contributed by atoms with Crippen molar-refractivity contribution in [3.05, 3.63) is 53.6 Å². The van der Waals surface area contributed by atoms with Gasteiger partial charge in [0.2, 0.25) is 5.82 Å². The zero-order valence-corrected chi connectivity index (χ0v) is 14.8. The molecule has 0 aliphatic heterocycles. The molecule has 0 saturated carbocycles. The first-order valence-corrected chi connectivity index (χ1v) is 8.03. The molecular weight excluding hydrogens is 334 g/mol. The van der Waals surface area contributed by atoms with Crippen LogP contribution < -0.4 is 14.8 Å². The maximum atomic E-state index is 12.2. The fourth-order valence-corrected chi connectivity index (χ4v) is 2.54. The van der Waals surface area contributed by atoms with Crippen LogP contribution in [-0.2, 0) is 4.79 Å². The molecule has 0 unspecified atom stereocenters. The minimum Gasteiger partial charge on any atom is -0.497 e. The normalized spacial score (nSPS) is 10.4. The van der Waals surface area contributed by atoms with Crippen LogP contribution in [-0.4, -0.2) is 29.9 Å². The van der Waals surface area contributed by atoms with E-state index in [1.807, 2.05) is 32.0 Å². The zero-order valence-electron chi connectivity index (χ0n) is 14.8. The first-order valence-electron chi connectivity index (χ1n) is 8.03. The molecule has 0 aliphatic carbocycles. The summed E-state index contributed by atoms with van der Waals surface area (Å²) in [5, 5.41) is 10.3. The van der Waals surface area contributed by atoms with Crippen LogP contribution in [0.3, 0.4) is 0 Å². The first kappa shape index (κ1) is 17.5. The average molecular weight is 353 g/mol. The van der Waals surface area contributed by atoms with Gasteiger partial charge in [-0.05, 0) is 71.7 Å². The fourth-order valence-electron chi connectivity index (χ4n) is 2.54. The van der Waals surface area contributed by atoms with Gasteiger partial charge in [0.15, 0.2) is 12.3 Å². The highest BCUT2D eigenvalue weighted by molar-refractivity contribution is 5.94. The molecule has 134 valence electrons. The molecule has 0 bridgehead atoms. The van der Waals surface area contributed by atoms with Gasteiger partial charge in [0, 0.05) is 5.56 Å². The van der Waals surface area contributed by atoms with E-state index in [-0.39, 0.29) is 18.3 Å². The molecule has 0 saturated heterocycles. The van der Waals surface area contributed by atoms with Crippen molar-refractivity contribution in [2.24, 2.45) is 0 Å². The van der Waals surface area contributed by atoms with E-state index in [9.17, 15) is 4.79 Å². The Balaban J connectivity index is 1.65. The Morgan fingerprint density at radius 3 is 2.38 bits per heavy atom. The molecule has 0 atom stereocenters. The van der Waals surface area contributed by atoms with Gasteiger partial charge in [-0.1, -0.05) is 6.07 Å². The Labute approximate surface area is 150 Å². The Kier molecular flexibility index (Phi) is 5.17. The van der Waals surface area contributed by atoms with Crippen molar-refractivity contribution in [2.75, 3.05) is 19.0 Å². The van der Waals surface area contributed by atoms with E-state index in [2.05, 4.69) is 15.6 Å². The molecule has 7 heteroatoms. The highest BCUT2D eigenvalue weighted by Crippen LogP contribution is 2.26. The van der Waals surface area contributed by atoms with Crippen molar-refractivity contribution >= 4 is 11.7 Å². The van der Waals surface area contributed by atoms with Gasteiger partial charge in [-0.2, -0.15) is 0 Å². The van der Waals surface area contributed by atoms with Crippen LogP contribution in [0.25, 0.3) is 11.3 Å². The maximum absolute atomic E-state index is 12.2. The molecule has 0 fully saturated rings. The van der Waals surface area contributed by atoms with Gasteiger partial charge in [0.25, 0.3) is 5.91 Å². The van der Waals surface area contributed by atoms with Crippen LogP contribution in [0.5, 0.6) is 11.5 Å². The molecule has 0 radical (unpaired) electrons. The van der Waals surface area contributed by atoms with E-state index in [1.54, 1.807) is 31.4 Å². The monoisotopic (exact) mass is 353 g/mol. The van der Waals surface area contributed by atoms with Gasteiger partial charge < -0.3 is 14.8 Å². The molecule has 1 heterocycles. The quantitative estimate of drug-likeness (QED) is 0.731. The number of nitrogens with zero attached hydrogens (tertiary/aromatic N) is 2. The Morgan fingerprint density at radius 2 is 1.73 bits per heavy atom. The number of ether oxygens (including phenoxy) is 2. The smallest absolute Gasteiger partial charge is 0.263 e. The molecule has 7 nitrogen and oxygen atoms in total. The summed E-state index contributed by atoms with van der Waals surface area (Å²) in [4.78, 5) is 12.2. The van der Waals surface area contributed by atoms with Gasteiger partial charge in [0.05, 0.1) is 7.11 Å². The molecule has 2 aromatic carbocycles. The Morgan fingerprint density at radius 1 is 1.04 bits per heavy atom. The Bertz CT molecular complexity index is 883. The van der Waals surface area contributed by atoms with Crippen LogP contribution in [0.4, 0.5) is 5.82 Å². The van der Waals surface area contributed by atoms with Crippen molar-refractivity contribution in [1.29, 1.82) is 0 Å². The summed E-state index contributed by atoms with van der Waals surface area (Å²) in [7, 11) is 1.59. The second-order valence-electron chi connectivity index (χ2n) is 5.85. The number of nitrogens with one attached hydrogen (secondary N) is 1. The van der Waals surface area contributed by atoms with Crippen LogP contribution in [0, 0.1) is 13.8 Å². The number of carbonyl (C=O) groups is 1. The minimum absolute atomic E-state index is 0.141. The van der Waals surface area contributed by atoms with Gasteiger partial charge in [-0.3, -0.25) is 4.79 Å². The number of anilines is 1. The van der Waals surface area contributed by atoms with Crippen molar-refractivity contribution < 1.29 is 18.9 Å². The zero-order chi connectivity index (χ0) is 18.5. The summed E-state index contributed by atoms with van der Waals surface area (Å²) in [6.45, 7) is 3.81. The number of rotatable bonds is 6. The fraction of sp³-hybridized carbons (Fsp3) is 0.211. The molecule has 3 rings (SSSR count). The predicted octanol–water partition coefficient (Wildman–Crippen LogP) is 3.38. The largest absolute Gasteiger partial charge is 0.497 e. The van der Waals surface area contributed by atoms with Crippen molar-refractivity contribution in [3.63, 3.8) is 0 Å². The summed E-state index contributed by atoms with van der Waals surface area (Å²) < 4.78 is 15.4. The van der Waals surface area contributed by atoms with Gasteiger partial charge >= 0.3 is 0 Å². The number of methoxy groups -OCH3 is 1. The molecule has 1 aromatic heterocycles. The first-order chi connectivity index (χ1) is 12.5. The van der Waals surface area contributed by atoms with E-state index in [0.29, 0.717) is 11.4 Å². The third kappa shape index (κ3) is 4.18. The molecule has 1 N–H and O–H groups in total.